The molecule has 5 aliphatic heterocycles. The molecule has 0 amide bonds. The van der Waals surface area contributed by atoms with E-state index in [9.17, 15) is 19.2 Å². The summed E-state index contributed by atoms with van der Waals surface area (Å²) in [7, 11) is 0. The van der Waals surface area contributed by atoms with Gasteiger partial charge in [-0.25, -0.2) is 4.79 Å². The van der Waals surface area contributed by atoms with Crippen LogP contribution in [0.4, 0.5) is 4.79 Å². The maximum Gasteiger partial charge on any atom is 0.509 e. The van der Waals surface area contributed by atoms with Gasteiger partial charge in [0.05, 0.1) is 43.2 Å². The molecule has 0 aliphatic carbocycles. The van der Waals surface area contributed by atoms with Gasteiger partial charge in [-0.1, -0.05) is 27.7 Å². The van der Waals surface area contributed by atoms with Crippen molar-refractivity contribution in [3.8, 4) is 0 Å². The normalized spacial score (nSPS) is 46.6. The highest BCUT2D eigenvalue weighted by atomic mass is 16.8. The number of fused-ring (bicyclic) bond motifs is 2. The van der Waals surface area contributed by atoms with Crippen molar-refractivity contribution in [1.29, 1.82) is 0 Å². The van der Waals surface area contributed by atoms with E-state index in [1.807, 2.05) is 27.7 Å². The van der Waals surface area contributed by atoms with Crippen LogP contribution in [0, 0.1) is 23.7 Å². The lowest BCUT2D eigenvalue weighted by Crippen LogP contribution is -2.61. The van der Waals surface area contributed by atoms with Crippen LogP contribution in [0.25, 0.3) is 0 Å². The molecule has 47 heavy (non-hydrogen) atoms. The maximum atomic E-state index is 14.1. The number of cyclic esters (lactones) is 3. The highest BCUT2D eigenvalue weighted by Crippen LogP contribution is 2.48. The summed E-state index contributed by atoms with van der Waals surface area (Å²) in [6.07, 6.45) is -4.16. The first kappa shape index (κ1) is 36.0. The molecule has 0 saturated carbocycles. The first-order valence-electron chi connectivity index (χ1n) is 17.2. The Bertz CT molecular complexity index is 1190. The van der Waals surface area contributed by atoms with Gasteiger partial charge in [0.15, 0.2) is 23.8 Å². The smallest absolute Gasteiger partial charge is 0.457 e. The van der Waals surface area contributed by atoms with E-state index in [0.717, 1.165) is 0 Å². The molecule has 5 rings (SSSR count). The number of nitrogens with zero attached hydrogens (tertiary/aromatic N) is 1. The molecule has 13 nitrogen and oxygen atoms in total. The van der Waals surface area contributed by atoms with E-state index in [1.165, 1.54) is 13.8 Å². The molecule has 266 valence electrons. The number of Topliss-reactive ketones (excluding diaryl/α,β-unsaturated/α-hetero) is 1. The van der Waals surface area contributed by atoms with Gasteiger partial charge in [-0.3, -0.25) is 19.3 Å². The molecule has 5 fully saturated rings. The molecule has 5 saturated heterocycles. The number of morpholine rings is 1. The highest BCUT2D eigenvalue weighted by Gasteiger charge is 2.61. The second-order valence-electron chi connectivity index (χ2n) is 14.7. The summed E-state index contributed by atoms with van der Waals surface area (Å²) in [5.74, 6) is -4.06. The molecule has 2 unspecified atom stereocenters. The molecule has 14 atom stereocenters. The van der Waals surface area contributed by atoms with Gasteiger partial charge in [-0.2, -0.15) is 0 Å². The lowest BCUT2D eigenvalue weighted by atomic mass is 9.76. The van der Waals surface area contributed by atoms with Crippen molar-refractivity contribution in [3.63, 3.8) is 0 Å². The largest absolute Gasteiger partial charge is 0.509 e. The third kappa shape index (κ3) is 6.92. The lowest BCUT2D eigenvalue weighted by molar-refractivity contribution is -0.300. The summed E-state index contributed by atoms with van der Waals surface area (Å²) in [6, 6.07) is -0.187. The predicted molar refractivity (Wildman–Crippen MR) is 165 cm³/mol. The van der Waals surface area contributed by atoms with Gasteiger partial charge in [0.25, 0.3) is 0 Å². The summed E-state index contributed by atoms with van der Waals surface area (Å²) >= 11 is 0. The Balaban J connectivity index is 1.51. The third-order valence-corrected chi connectivity index (χ3v) is 11.0. The molecule has 0 aromatic heterocycles. The van der Waals surface area contributed by atoms with Crippen LogP contribution in [0.2, 0.25) is 0 Å². The fourth-order valence-corrected chi connectivity index (χ4v) is 8.73. The van der Waals surface area contributed by atoms with E-state index in [2.05, 4.69) is 11.8 Å². The van der Waals surface area contributed by atoms with Crippen LogP contribution in [-0.4, -0.2) is 115 Å². The van der Waals surface area contributed by atoms with Crippen LogP contribution in [0.15, 0.2) is 0 Å². The Labute approximate surface area is 277 Å². The van der Waals surface area contributed by atoms with Gasteiger partial charge in [0.2, 0.25) is 0 Å². The van der Waals surface area contributed by atoms with Gasteiger partial charge < -0.3 is 37.9 Å². The molecule has 0 aromatic carbocycles. The molecule has 2 bridgehead atoms. The zero-order valence-electron chi connectivity index (χ0n) is 29.2. The molecule has 5 aliphatic rings. The summed E-state index contributed by atoms with van der Waals surface area (Å²) in [4.78, 5) is 54.9. The Morgan fingerprint density at radius 3 is 2.34 bits per heavy atom. The average molecular weight is 668 g/mol. The van der Waals surface area contributed by atoms with Crippen molar-refractivity contribution < 1.29 is 57.1 Å². The summed E-state index contributed by atoms with van der Waals surface area (Å²) in [5.41, 5.74) is -2.29. The van der Waals surface area contributed by atoms with E-state index in [-0.39, 0.29) is 23.8 Å². The van der Waals surface area contributed by atoms with Gasteiger partial charge >= 0.3 is 18.1 Å². The summed E-state index contributed by atoms with van der Waals surface area (Å²) in [6.45, 7) is 18.5. The number of ketones is 1. The quantitative estimate of drug-likeness (QED) is 0.232. The minimum atomic E-state index is -1.29. The number of carbonyl (C=O) groups excluding carboxylic acids is 4. The second-order valence-corrected chi connectivity index (χ2v) is 14.7. The SMILES string of the molecule is CC[C@H]1OC(=O)O[C@@]1(C)[C@@H]1OC(=O)[C@H](C)C(=O)[C@H](C)[C@@H](O[C@@H]2O[C@H](C)C[C@H](N3CCOCC3)[C@H]2OC(C)=O)[C@@]2(C)CC(C)C(O2)[C@@H]1C. The minimum Gasteiger partial charge on any atom is -0.457 e. The molecule has 0 aromatic rings. The average Bonchev–Trinajstić information content (AvgIpc) is 3.51. The fourth-order valence-electron chi connectivity index (χ4n) is 8.73. The van der Waals surface area contributed by atoms with Crippen molar-refractivity contribution in [1.82, 2.24) is 4.90 Å². The number of carbonyl (C=O) groups is 4. The molecular formula is C34H53NO12. The van der Waals surface area contributed by atoms with Crippen molar-refractivity contribution in [3.05, 3.63) is 0 Å². The number of hydrogen-bond acceptors (Lipinski definition) is 13. The Hall–Kier alpha value is -2.32. The van der Waals surface area contributed by atoms with Gasteiger partial charge in [-0.05, 0) is 52.9 Å². The van der Waals surface area contributed by atoms with Crippen LogP contribution in [0.5, 0.6) is 0 Å². The van der Waals surface area contributed by atoms with Crippen LogP contribution in [-0.2, 0) is 52.3 Å². The molecule has 13 heteroatoms. The van der Waals surface area contributed by atoms with Crippen LogP contribution >= 0.6 is 0 Å². The second kappa shape index (κ2) is 13.9. The monoisotopic (exact) mass is 667 g/mol. The number of hydrogen-bond donors (Lipinski definition) is 0. The number of rotatable bonds is 6. The molecule has 0 radical (unpaired) electrons. The van der Waals surface area contributed by atoms with Gasteiger partial charge in [0, 0.05) is 31.8 Å². The van der Waals surface area contributed by atoms with Gasteiger partial charge in [-0.15, -0.1) is 0 Å². The van der Waals surface area contributed by atoms with Crippen LogP contribution in [0.1, 0.15) is 81.6 Å². The molecule has 0 spiro atoms. The van der Waals surface area contributed by atoms with E-state index < -0.39 is 83.9 Å². The zero-order chi connectivity index (χ0) is 34.4. The van der Waals surface area contributed by atoms with Gasteiger partial charge in [0.1, 0.15) is 18.1 Å². The topological polar surface area (TPSA) is 145 Å². The summed E-state index contributed by atoms with van der Waals surface area (Å²) in [5, 5.41) is 0. The van der Waals surface area contributed by atoms with Crippen molar-refractivity contribution in [2.45, 2.75) is 142 Å². The first-order valence-corrected chi connectivity index (χ1v) is 17.2. The Morgan fingerprint density at radius 2 is 1.70 bits per heavy atom. The van der Waals surface area contributed by atoms with Crippen molar-refractivity contribution in [2.24, 2.45) is 23.7 Å². The summed E-state index contributed by atoms with van der Waals surface area (Å²) < 4.78 is 48.9. The number of esters is 2. The highest BCUT2D eigenvalue weighted by molar-refractivity contribution is 6.00. The van der Waals surface area contributed by atoms with E-state index in [4.69, 9.17) is 37.9 Å². The van der Waals surface area contributed by atoms with E-state index in [1.54, 1.807) is 13.8 Å². The first-order chi connectivity index (χ1) is 22.1. The van der Waals surface area contributed by atoms with E-state index >= 15 is 0 Å². The predicted octanol–water partition coefficient (Wildman–Crippen LogP) is 3.43. The molecule has 5 heterocycles. The Kier molecular flexibility index (Phi) is 10.6. The fraction of sp³-hybridized carbons (Fsp3) is 0.882. The van der Waals surface area contributed by atoms with Crippen molar-refractivity contribution >= 4 is 23.9 Å². The molecule has 0 N–H and O–H groups in total. The van der Waals surface area contributed by atoms with E-state index in [0.29, 0.717) is 45.6 Å². The standard InChI is InChI=1S/C34H53NO12/c1-10-24-34(9,47-32(39)43-24)29-21(6)26-17(2)16-33(8,46-26)28(19(4)25(37)20(5)30(38)44-29)45-31-27(42-22(7)36)23(15-18(3)41-31)35-11-13-40-14-12-35/h17-21,23-24,26-29,31H,10-16H2,1-9H3/t17?,18-,19+,20-,21+,23+,24-,26?,27-,28-,29-,31+,33-,34-/m1/s1. The third-order valence-electron chi connectivity index (χ3n) is 11.0. The zero-order valence-corrected chi connectivity index (χ0v) is 29.2. The van der Waals surface area contributed by atoms with Crippen LogP contribution < -0.4 is 0 Å². The lowest BCUT2D eigenvalue weighted by Gasteiger charge is -2.48. The van der Waals surface area contributed by atoms with Crippen LogP contribution in [0.3, 0.4) is 0 Å². The maximum absolute atomic E-state index is 14.1. The number of ether oxygens (including phenoxy) is 8. The van der Waals surface area contributed by atoms with Crippen molar-refractivity contribution in [2.75, 3.05) is 26.3 Å². The Morgan fingerprint density at radius 1 is 1.02 bits per heavy atom. The minimum absolute atomic E-state index is 0.0558. The molecular weight excluding hydrogens is 614 g/mol.